The number of fused-ring (bicyclic) bond motifs is 1. The van der Waals surface area contributed by atoms with Crippen LogP contribution in [0.1, 0.15) is 58.1 Å². The maximum absolute atomic E-state index is 13.0. The number of carbonyl (C=O) groups excluding carboxylic acids is 2. The smallest absolute Gasteiger partial charge is 0.407 e. The molecule has 1 aliphatic heterocycles. The van der Waals surface area contributed by atoms with E-state index in [0.29, 0.717) is 18.8 Å². The summed E-state index contributed by atoms with van der Waals surface area (Å²) in [5.41, 5.74) is 2.74. The number of nitrogens with one attached hydrogen (secondary N) is 1. The molecule has 0 aromatic heterocycles. The third-order valence-corrected chi connectivity index (χ3v) is 7.12. The highest BCUT2D eigenvalue weighted by atomic mass is 16.5. The first-order valence-corrected chi connectivity index (χ1v) is 10.3. The van der Waals surface area contributed by atoms with E-state index < -0.39 is 6.09 Å². The normalized spacial score (nSPS) is 33.7. The van der Waals surface area contributed by atoms with Crippen molar-refractivity contribution in [3.63, 3.8) is 0 Å². The molecule has 0 radical (unpaired) electrons. The van der Waals surface area contributed by atoms with Crippen molar-refractivity contribution in [2.45, 2.75) is 63.3 Å². The summed E-state index contributed by atoms with van der Waals surface area (Å²) in [7, 11) is 1.37. The molecule has 2 amide bonds. The molecule has 1 aromatic rings. The van der Waals surface area contributed by atoms with E-state index in [4.69, 9.17) is 0 Å². The Morgan fingerprint density at radius 2 is 1.79 bits per heavy atom. The van der Waals surface area contributed by atoms with Gasteiger partial charge in [-0.15, -0.1) is 0 Å². The van der Waals surface area contributed by atoms with Gasteiger partial charge in [-0.1, -0.05) is 45.0 Å². The van der Waals surface area contributed by atoms with Crippen molar-refractivity contribution in [1.82, 2.24) is 10.2 Å². The molecule has 1 aromatic carbocycles. The number of rotatable bonds is 3. The fourth-order valence-corrected chi connectivity index (χ4v) is 5.26. The Kier molecular flexibility index (Phi) is 4.29. The van der Waals surface area contributed by atoms with Gasteiger partial charge in [-0.3, -0.25) is 4.79 Å². The summed E-state index contributed by atoms with van der Waals surface area (Å²) < 4.78 is 4.68. The lowest BCUT2D eigenvalue weighted by molar-refractivity contribution is -0.140. The standard InChI is InChI=1S/C23H32N2O3/c1-21(2,3)16-6-8-17(9-7-16)23-12-18(23)13-25(14-23)19(26)15-10-22(4,11-15)24-20(27)28-5/h6-9,15,18H,10-14H2,1-5H3,(H,24,27). The lowest BCUT2D eigenvalue weighted by Gasteiger charge is -2.45. The molecule has 1 heterocycles. The fourth-order valence-electron chi connectivity index (χ4n) is 5.26. The molecule has 3 aliphatic rings. The van der Waals surface area contributed by atoms with Gasteiger partial charge in [0.15, 0.2) is 0 Å². The Morgan fingerprint density at radius 1 is 1.14 bits per heavy atom. The SMILES string of the molecule is COC(=O)NC1(C)CC(C(=O)N2CC3CC3(c3ccc(C(C)(C)C)cc3)C2)C1. The number of carbonyl (C=O) groups is 2. The van der Waals surface area contributed by atoms with Crippen LogP contribution in [0.2, 0.25) is 0 Å². The van der Waals surface area contributed by atoms with E-state index in [0.717, 1.165) is 13.1 Å². The molecule has 5 heteroatoms. The van der Waals surface area contributed by atoms with Crippen molar-refractivity contribution < 1.29 is 14.3 Å². The maximum atomic E-state index is 13.0. The summed E-state index contributed by atoms with van der Waals surface area (Å²) in [5.74, 6) is 0.860. The quantitative estimate of drug-likeness (QED) is 0.866. The first-order chi connectivity index (χ1) is 13.1. The van der Waals surface area contributed by atoms with E-state index >= 15 is 0 Å². The number of ether oxygens (including phenoxy) is 1. The highest BCUT2D eigenvalue weighted by Gasteiger charge is 2.62. The summed E-state index contributed by atoms with van der Waals surface area (Å²) in [6.07, 6.45) is 2.15. The molecule has 2 saturated carbocycles. The lowest BCUT2D eigenvalue weighted by Crippen LogP contribution is -2.58. The van der Waals surface area contributed by atoms with Gasteiger partial charge in [0.2, 0.25) is 5.91 Å². The van der Waals surface area contributed by atoms with E-state index in [-0.39, 0.29) is 28.2 Å². The van der Waals surface area contributed by atoms with Crippen LogP contribution in [0.4, 0.5) is 4.79 Å². The zero-order valence-electron chi connectivity index (χ0n) is 17.7. The molecule has 4 rings (SSSR count). The Balaban J connectivity index is 1.37. The molecule has 3 fully saturated rings. The van der Waals surface area contributed by atoms with Crippen LogP contribution in [-0.4, -0.2) is 42.6 Å². The molecule has 5 nitrogen and oxygen atoms in total. The van der Waals surface area contributed by atoms with Crippen molar-refractivity contribution in [2.24, 2.45) is 11.8 Å². The van der Waals surface area contributed by atoms with Gasteiger partial charge in [0, 0.05) is 30.0 Å². The molecule has 0 spiro atoms. The summed E-state index contributed by atoms with van der Waals surface area (Å²) in [5, 5.41) is 2.85. The minimum Gasteiger partial charge on any atom is -0.453 e. The average Bonchev–Trinajstić information content (AvgIpc) is 3.19. The minimum atomic E-state index is -0.423. The molecular weight excluding hydrogens is 352 g/mol. The van der Waals surface area contributed by atoms with Gasteiger partial charge in [0.25, 0.3) is 0 Å². The molecule has 2 unspecified atom stereocenters. The van der Waals surface area contributed by atoms with Crippen LogP contribution < -0.4 is 5.32 Å². The molecule has 152 valence electrons. The van der Waals surface area contributed by atoms with Crippen LogP contribution >= 0.6 is 0 Å². The molecular formula is C23H32N2O3. The highest BCUT2D eigenvalue weighted by molar-refractivity contribution is 5.82. The Hall–Kier alpha value is -2.04. The van der Waals surface area contributed by atoms with Gasteiger partial charge in [-0.2, -0.15) is 0 Å². The van der Waals surface area contributed by atoms with Crippen LogP contribution in [0.15, 0.2) is 24.3 Å². The number of piperidine rings is 1. The lowest BCUT2D eigenvalue weighted by atomic mass is 9.69. The molecule has 2 atom stereocenters. The predicted octanol–water partition coefficient (Wildman–Crippen LogP) is 3.61. The van der Waals surface area contributed by atoms with E-state index in [2.05, 4.69) is 60.0 Å². The zero-order chi connectivity index (χ0) is 20.3. The van der Waals surface area contributed by atoms with Crippen LogP contribution in [0.3, 0.4) is 0 Å². The van der Waals surface area contributed by atoms with Crippen molar-refractivity contribution in [3.8, 4) is 0 Å². The molecule has 28 heavy (non-hydrogen) atoms. The van der Waals surface area contributed by atoms with Crippen molar-refractivity contribution in [3.05, 3.63) is 35.4 Å². The number of amides is 2. The van der Waals surface area contributed by atoms with E-state index in [9.17, 15) is 9.59 Å². The summed E-state index contributed by atoms with van der Waals surface area (Å²) >= 11 is 0. The van der Waals surface area contributed by atoms with E-state index in [1.165, 1.54) is 24.7 Å². The molecule has 2 aliphatic carbocycles. The molecule has 0 bridgehead atoms. The summed E-state index contributed by atoms with van der Waals surface area (Å²) in [4.78, 5) is 26.5. The number of likely N-dealkylation sites (tertiary alicyclic amines) is 1. The van der Waals surface area contributed by atoms with Crippen LogP contribution in [0.25, 0.3) is 0 Å². The van der Waals surface area contributed by atoms with Crippen molar-refractivity contribution in [1.29, 1.82) is 0 Å². The molecule has 1 N–H and O–H groups in total. The second kappa shape index (κ2) is 6.23. The van der Waals surface area contributed by atoms with Gasteiger partial charge in [-0.25, -0.2) is 4.79 Å². The third-order valence-electron chi connectivity index (χ3n) is 7.12. The second-order valence-corrected chi connectivity index (χ2v) is 10.4. The van der Waals surface area contributed by atoms with Crippen LogP contribution in [-0.2, 0) is 20.4 Å². The average molecular weight is 385 g/mol. The van der Waals surface area contributed by atoms with Crippen molar-refractivity contribution in [2.75, 3.05) is 20.2 Å². The van der Waals surface area contributed by atoms with Gasteiger partial charge in [0.1, 0.15) is 0 Å². The first-order valence-electron chi connectivity index (χ1n) is 10.3. The number of hydrogen-bond acceptors (Lipinski definition) is 3. The van der Waals surface area contributed by atoms with Gasteiger partial charge in [0.05, 0.1) is 7.11 Å². The van der Waals surface area contributed by atoms with Gasteiger partial charge >= 0.3 is 6.09 Å². The third kappa shape index (κ3) is 3.19. The number of hydrogen-bond donors (Lipinski definition) is 1. The van der Waals surface area contributed by atoms with Crippen LogP contribution in [0.5, 0.6) is 0 Å². The predicted molar refractivity (Wildman–Crippen MR) is 108 cm³/mol. The van der Waals surface area contributed by atoms with E-state index in [1.807, 2.05) is 6.92 Å². The zero-order valence-corrected chi connectivity index (χ0v) is 17.7. The van der Waals surface area contributed by atoms with Crippen LogP contribution in [0, 0.1) is 11.8 Å². The summed E-state index contributed by atoms with van der Waals surface area (Å²) in [6, 6.07) is 9.05. The maximum Gasteiger partial charge on any atom is 0.407 e. The number of alkyl carbamates (subject to hydrolysis) is 1. The Bertz CT molecular complexity index is 789. The minimum absolute atomic E-state index is 0.0139. The Labute approximate surface area is 167 Å². The first kappa shape index (κ1) is 19.3. The molecule has 1 saturated heterocycles. The van der Waals surface area contributed by atoms with E-state index in [1.54, 1.807) is 0 Å². The second-order valence-electron chi connectivity index (χ2n) is 10.4. The summed E-state index contributed by atoms with van der Waals surface area (Å²) in [6.45, 7) is 10.4. The topological polar surface area (TPSA) is 58.6 Å². The largest absolute Gasteiger partial charge is 0.453 e. The highest BCUT2D eigenvalue weighted by Crippen LogP contribution is 2.59. The fraction of sp³-hybridized carbons (Fsp3) is 0.652. The van der Waals surface area contributed by atoms with Gasteiger partial charge in [-0.05, 0) is 48.6 Å². The van der Waals surface area contributed by atoms with Gasteiger partial charge < -0.3 is 15.0 Å². The van der Waals surface area contributed by atoms with Crippen molar-refractivity contribution >= 4 is 12.0 Å². The number of benzene rings is 1. The number of methoxy groups -OCH3 is 1. The monoisotopic (exact) mass is 384 g/mol. The number of nitrogens with zero attached hydrogens (tertiary/aromatic N) is 1. The Morgan fingerprint density at radius 3 is 2.36 bits per heavy atom.